The Morgan fingerprint density at radius 1 is 1.00 bits per heavy atom. The smallest absolute Gasteiger partial charge is 0.192 e. The van der Waals surface area contributed by atoms with E-state index in [2.05, 4.69) is 46.0 Å². The van der Waals surface area contributed by atoms with E-state index in [9.17, 15) is 4.79 Å². The summed E-state index contributed by atoms with van der Waals surface area (Å²) in [7, 11) is -1.98. The zero-order valence-corrected chi connectivity index (χ0v) is 17.3. The number of benzene rings is 2. The van der Waals surface area contributed by atoms with E-state index >= 15 is 0 Å². The molecule has 0 bridgehead atoms. The first-order chi connectivity index (χ1) is 11.6. The van der Waals surface area contributed by atoms with Crippen LogP contribution in [0.5, 0.6) is 0 Å². The summed E-state index contributed by atoms with van der Waals surface area (Å²) >= 11 is 0. The number of hydrogen-bond donors (Lipinski definition) is 0. The molecule has 0 aliphatic rings. The predicted molar refractivity (Wildman–Crippen MR) is 108 cm³/mol. The number of Topliss-reactive ketones (excluding diaryl/α,β-unsaturated/α-hetero) is 1. The molecule has 0 saturated carbocycles. The minimum absolute atomic E-state index is 0.104. The lowest BCUT2D eigenvalue weighted by Gasteiger charge is -2.39. The fraction of sp³-hybridized carbons (Fsp3) is 0.409. The molecule has 2 nitrogen and oxygen atoms in total. The maximum atomic E-state index is 12.8. The monoisotopic (exact) mass is 354 g/mol. The lowest BCUT2D eigenvalue weighted by atomic mass is 10.00. The second-order valence-corrected chi connectivity index (χ2v) is 13.0. The third-order valence-electron chi connectivity index (χ3n) is 5.16. The molecule has 2 aromatic rings. The van der Waals surface area contributed by atoms with Crippen molar-refractivity contribution in [2.45, 2.75) is 58.4 Å². The third kappa shape index (κ3) is 5.13. The Morgan fingerprint density at radius 2 is 1.56 bits per heavy atom. The number of rotatable bonds is 6. The highest BCUT2D eigenvalue weighted by Gasteiger charge is 2.39. The minimum atomic E-state index is -1.98. The zero-order chi connectivity index (χ0) is 18.7. The molecular formula is C22H30O2Si. The highest BCUT2D eigenvalue weighted by Crippen LogP contribution is 2.40. The highest BCUT2D eigenvalue weighted by molar-refractivity contribution is 6.74. The van der Waals surface area contributed by atoms with Crippen LogP contribution in [0.25, 0.3) is 0 Å². The summed E-state index contributed by atoms with van der Waals surface area (Å²) in [5, 5.41) is 0.104. The Morgan fingerprint density at radius 3 is 2.08 bits per heavy atom. The van der Waals surface area contributed by atoms with Crippen LogP contribution in [0.15, 0.2) is 54.6 Å². The van der Waals surface area contributed by atoms with Gasteiger partial charge in [0.1, 0.15) is 0 Å². The quantitative estimate of drug-likeness (QED) is 0.447. The maximum Gasteiger partial charge on any atom is 0.192 e. The molecule has 3 heteroatoms. The van der Waals surface area contributed by atoms with Crippen LogP contribution in [-0.4, -0.2) is 14.1 Å². The first kappa shape index (κ1) is 19.6. The molecule has 0 aliphatic heterocycles. The van der Waals surface area contributed by atoms with E-state index in [0.717, 1.165) is 16.7 Å². The highest BCUT2D eigenvalue weighted by atomic mass is 28.4. The van der Waals surface area contributed by atoms with Crippen LogP contribution in [0, 0.1) is 6.92 Å². The van der Waals surface area contributed by atoms with E-state index in [4.69, 9.17) is 4.43 Å². The molecule has 0 aromatic heterocycles. The molecule has 25 heavy (non-hydrogen) atoms. The molecule has 134 valence electrons. The number of carbonyl (C=O) groups is 1. The molecule has 0 amide bonds. The normalized spacial score (nSPS) is 13.5. The van der Waals surface area contributed by atoms with Crippen molar-refractivity contribution in [3.63, 3.8) is 0 Å². The van der Waals surface area contributed by atoms with Crippen LogP contribution in [-0.2, 0) is 4.43 Å². The van der Waals surface area contributed by atoms with Gasteiger partial charge in [0.15, 0.2) is 14.1 Å². The Labute approximate surface area is 153 Å². The summed E-state index contributed by atoms with van der Waals surface area (Å²) in [6.07, 6.45) is 0.176. The lowest BCUT2D eigenvalue weighted by Crippen LogP contribution is -2.42. The van der Waals surface area contributed by atoms with Crippen LogP contribution in [0.4, 0.5) is 0 Å². The first-order valence-corrected chi connectivity index (χ1v) is 11.8. The first-order valence-electron chi connectivity index (χ1n) is 8.93. The van der Waals surface area contributed by atoms with Gasteiger partial charge in [-0.3, -0.25) is 4.79 Å². The van der Waals surface area contributed by atoms with Crippen molar-refractivity contribution < 1.29 is 9.22 Å². The van der Waals surface area contributed by atoms with Crippen molar-refractivity contribution in [1.82, 2.24) is 0 Å². The third-order valence-corrected chi connectivity index (χ3v) is 9.64. The van der Waals surface area contributed by atoms with Gasteiger partial charge in [-0.25, -0.2) is 0 Å². The molecule has 1 atom stereocenters. The average Bonchev–Trinajstić information content (AvgIpc) is 2.54. The van der Waals surface area contributed by atoms with E-state index in [1.54, 1.807) is 0 Å². The van der Waals surface area contributed by atoms with Gasteiger partial charge in [-0.05, 0) is 30.6 Å². The summed E-state index contributed by atoms with van der Waals surface area (Å²) in [4.78, 5) is 12.8. The minimum Gasteiger partial charge on any atom is -0.409 e. The number of carbonyl (C=O) groups excluding carboxylic acids is 1. The van der Waals surface area contributed by atoms with Gasteiger partial charge in [0.2, 0.25) is 0 Å². The summed E-state index contributed by atoms with van der Waals surface area (Å²) in [5.74, 6) is 0.132. The molecule has 0 N–H and O–H groups in total. The van der Waals surface area contributed by atoms with Gasteiger partial charge < -0.3 is 4.43 Å². The standard InChI is InChI=1S/C22H30O2Si/c1-17-12-14-18(15-13-17)20(23)16-21(19-10-8-7-9-11-19)24-25(5,6)22(2,3)4/h7-15,21H,16H2,1-6H3. The van der Waals surface area contributed by atoms with Crippen molar-refractivity contribution in [2.75, 3.05) is 0 Å². The second kappa shape index (κ2) is 7.67. The average molecular weight is 355 g/mol. The van der Waals surface area contributed by atoms with Crippen molar-refractivity contribution in [3.8, 4) is 0 Å². The fourth-order valence-electron chi connectivity index (χ4n) is 2.45. The Balaban J connectivity index is 2.26. The van der Waals surface area contributed by atoms with E-state index in [1.165, 1.54) is 0 Å². The number of ketones is 1. The SMILES string of the molecule is Cc1ccc(C(=O)CC(O[Si](C)(C)C(C)(C)C)c2ccccc2)cc1. The molecule has 2 rings (SSSR count). The molecule has 0 radical (unpaired) electrons. The fourth-order valence-corrected chi connectivity index (χ4v) is 3.74. The van der Waals surface area contributed by atoms with Crippen LogP contribution in [0.1, 0.15) is 54.8 Å². The summed E-state index contributed by atoms with van der Waals surface area (Å²) in [6, 6.07) is 17.9. The van der Waals surface area contributed by atoms with Crippen molar-refractivity contribution >= 4 is 14.1 Å². The van der Waals surface area contributed by atoms with Crippen LogP contribution < -0.4 is 0 Å². The number of hydrogen-bond acceptors (Lipinski definition) is 2. The largest absolute Gasteiger partial charge is 0.409 e. The molecule has 0 heterocycles. The van der Waals surface area contributed by atoms with Gasteiger partial charge in [0.05, 0.1) is 6.10 Å². The van der Waals surface area contributed by atoms with Gasteiger partial charge in [-0.15, -0.1) is 0 Å². The summed E-state index contributed by atoms with van der Waals surface area (Å²) in [6.45, 7) is 13.2. The second-order valence-electron chi connectivity index (χ2n) is 8.27. The van der Waals surface area contributed by atoms with Gasteiger partial charge in [-0.1, -0.05) is 80.9 Å². The number of aryl methyl sites for hydroxylation is 1. The van der Waals surface area contributed by atoms with E-state index in [1.807, 2.05) is 49.4 Å². The Bertz CT molecular complexity index is 697. The van der Waals surface area contributed by atoms with E-state index < -0.39 is 8.32 Å². The summed E-state index contributed by atoms with van der Waals surface area (Å²) in [5.41, 5.74) is 2.99. The van der Waals surface area contributed by atoms with Crippen molar-refractivity contribution in [1.29, 1.82) is 0 Å². The molecule has 1 unspecified atom stereocenters. The molecule has 0 fully saturated rings. The van der Waals surface area contributed by atoms with Crippen molar-refractivity contribution in [3.05, 3.63) is 71.3 Å². The molecule has 0 saturated heterocycles. The van der Waals surface area contributed by atoms with Crippen molar-refractivity contribution in [2.24, 2.45) is 0 Å². The lowest BCUT2D eigenvalue weighted by molar-refractivity contribution is 0.0891. The Kier molecular flexibility index (Phi) is 6.02. The summed E-state index contributed by atoms with van der Waals surface area (Å²) < 4.78 is 6.62. The zero-order valence-electron chi connectivity index (χ0n) is 16.3. The Hall–Kier alpha value is -1.71. The van der Waals surface area contributed by atoms with Crippen LogP contribution in [0.3, 0.4) is 0 Å². The molecule has 0 spiro atoms. The van der Waals surface area contributed by atoms with Crippen LogP contribution in [0.2, 0.25) is 18.1 Å². The van der Waals surface area contributed by atoms with Gasteiger partial charge in [0, 0.05) is 12.0 Å². The maximum absolute atomic E-state index is 12.8. The topological polar surface area (TPSA) is 26.3 Å². The van der Waals surface area contributed by atoms with E-state index in [-0.39, 0.29) is 16.9 Å². The van der Waals surface area contributed by atoms with E-state index in [0.29, 0.717) is 6.42 Å². The van der Waals surface area contributed by atoms with Crippen LogP contribution >= 0.6 is 0 Å². The molecule has 2 aromatic carbocycles. The van der Waals surface area contributed by atoms with Gasteiger partial charge in [-0.2, -0.15) is 0 Å². The van der Waals surface area contributed by atoms with Gasteiger partial charge in [0.25, 0.3) is 0 Å². The van der Waals surface area contributed by atoms with Gasteiger partial charge >= 0.3 is 0 Å². The molecule has 0 aliphatic carbocycles. The predicted octanol–water partition coefficient (Wildman–Crippen LogP) is 6.33. The molecular weight excluding hydrogens is 324 g/mol.